The number of nitrogens with one attached hydrogen (secondary N) is 1. The molecule has 0 fully saturated rings. The summed E-state index contributed by atoms with van der Waals surface area (Å²) < 4.78 is 14.4. The van der Waals surface area contributed by atoms with E-state index in [0.29, 0.717) is 23.5 Å². The molecule has 0 unspecified atom stereocenters. The normalized spacial score (nSPS) is 10.8. The van der Waals surface area contributed by atoms with E-state index in [1.165, 1.54) is 23.0 Å². The summed E-state index contributed by atoms with van der Waals surface area (Å²) in [6, 6.07) is 6.16. The third-order valence-electron chi connectivity index (χ3n) is 2.89. The number of hydrogen-bond acceptors (Lipinski definition) is 4. The van der Waals surface area contributed by atoms with Gasteiger partial charge in [-0.1, -0.05) is 12.1 Å². The molecule has 0 amide bonds. The number of halogens is 1. The van der Waals surface area contributed by atoms with Crippen LogP contribution in [0.15, 0.2) is 36.8 Å². The first-order chi connectivity index (χ1) is 9.63. The fraction of sp³-hybridized carbons (Fsp3) is 0.0769. The van der Waals surface area contributed by atoms with Crippen LogP contribution in [0.25, 0.3) is 5.65 Å². The molecule has 2 heterocycles. The molecule has 0 aliphatic carbocycles. The Labute approximate surface area is 113 Å². The van der Waals surface area contributed by atoms with Crippen molar-refractivity contribution in [2.75, 3.05) is 0 Å². The Hall–Kier alpha value is -2.83. The Morgan fingerprint density at radius 2 is 2.05 bits per heavy atom. The minimum Gasteiger partial charge on any atom is -0.382 e. The molecule has 0 aliphatic heterocycles. The molecule has 0 saturated heterocycles. The van der Waals surface area contributed by atoms with Gasteiger partial charge in [-0.2, -0.15) is 5.10 Å². The van der Waals surface area contributed by atoms with Crippen LogP contribution < -0.4 is 5.73 Å². The van der Waals surface area contributed by atoms with Gasteiger partial charge < -0.3 is 5.73 Å². The lowest BCUT2D eigenvalue weighted by Gasteiger charge is -2.06. The molecule has 0 spiro atoms. The second kappa shape index (κ2) is 4.69. The van der Waals surface area contributed by atoms with Crippen LogP contribution in [0.1, 0.15) is 17.0 Å². The molecule has 0 atom stereocenters. The summed E-state index contributed by atoms with van der Waals surface area (Å²) in [4.78, 5) is 8.46. The third kappa shape index (κ3) is 2.20. The van der Waals surface area contributed by atoms with Crippen LogP contribution in [0, 0.1) is 11.2 Å². The molecule has 6 nitrogen and oxygen atoms in total. The van der Waals surface area contributed by atoms with Crippen molar-refractivity contribution in [2.45, 2.75) is 6.42 Å². The Morgan fingerprint density at radius 1 is 1.30 bits per heavy atom. The van der Waals surface area contributed by atoms with E-state index < -0.39 is 0 Å². The van der Waals surface area contributed by atoms with E-state index in [1.54, 1.807) is 18.3 Å². The highest BCUT2D eigenvalue weighted by Gasteiger charge is 2.10. The molecule has 0 saturated carbocycles. The minimum atomic E-state index is -0.285. The predicted molar refractivity (Wildman–Crippen MR) is 71.0 cm³/mol. The van der Waals surface area contributed by atoms with E-state index in [9.17, 15) is 4.39 Å². The maximum Gasteiger partial charge on any atom is 0.177 e. The second-order valence-electron chi connectivity index (χ2n) is 4.32. The highest BCUT2D eigenvalue weighted by molar-refractivity contribution is 5.93. The monoisotopic (exact) mass is 270 g/mol. The maximum absolute atomic E-state index is 12.9. The number of nitrogens with two attached hydrogens (primary N) is 1. The van der Waals surface area contributed by atoms with Crippen molar-refractivity contribution in [1.82, 2.24) is 19.6 Å². The molecular formula is C13H11FN6. The molecule has 0 aliphatic rings. The molecule has 1 aromatic carbocycles. The van der Waals surface area contributed by atoms with Crippen LogP contribution in [-0.4, -0.2) is 25.4 Å². The van der Waals surface area contributed by atoms with Crippen molar-refractivity contribution in [3.05, 3.63) is 59.6 Å². The molecule has 7 heteroatoms. The van der Waals surface area contributed by atoms with E-state index >= 15 is 0 Å². The number of hydrogen-bond donors (Lipinski definition) is 2. The molecule has 3 aromatic rings. The highest BCUT2D eigenvalue weighted by atomic mass is 19.1. The Balaban J connectivity index is 2.07. The van der Waals surface area contributed by atoms with Gasteiger partial charge in [0.2, 0.25) is 0 Å². The molecule has 2 aromatic heterocycles. The number of benzene rings is 1. The standard InChI is InChI=1S/C13H11FN6/c14-9-3-1-8(2-4-9)5-10-13-17-7-18-20(13)6-11(19-10)12(15)16/h1-4,6-7H,5H2,(H3,15,16). The van der Waals surface area contributed by atoms with Gasteiger partial charge in [0, 0.05) is 6.42 Å². The molecule has 3 N–H and O–H groups in total. The van der Waals surface area contributed by atoms with Crippen molar-refractivity contribution in [1.29, 1.82) is 5.41 Å². The summed E-state index contributed by atoms with van der Waals surface area (Å²) in [5, 5.41) is 11.5. The molecular weight excluding hydrogens is 259 g/mol. The highest BCUT2D eigenvalue weighted by Crippen LogP contribution is 2.13. The van der Waals surface area contributed by atoms with Gasteiger partial charge in [-0.05, 0) is 17.7 Å². The molecule has 20 heavy (non-hydrogen) atoms. The summed E-state index contributed by atoms with van der Waals surface area (Å²) in [7, 11) is 0. The average molecular weight is 270 g/mol. The Bertz CT molecular complexity index is 777. The third-order valence-corrected chi connectivity index (χ3v) is 2.89. The van der Waals surface area contributed by atoms with E-state index in [4.69, 9.17) is 11.1 Å². The van der Waals surface area contributed by atoms with Gasteiger partial charge >= 0.3 is 0 Å². The summed E-state index contributed by atoms with van der Waals surface area (Å²) >= 11 is 0. The van der Waals surface area contributed by atoms with Crippen LogP contribution in [0.4, 0.5) is 4.39 Å². The van der Waals surface area contributed by atoms with Crippen molar-refractivity contribution in [2.24, 2.45) is 5.73 Å². The minimum absolute atomic E-state index is 0.136. The first-order valence-corrected chi connectivity index (χ1v) is 5.91. The predicted octanol–water partition coefficient (Wildman–Crippen LogP) is 1.14. The van der Waals surface area contributed by atoms with E-state index in [-0.39, 0.29) is 11.7 Å². The number of amidine groups is 1. The summed E-state index contributed by atoms with van der Waals surface area (Å²) in [6.45, 7) is 0. The number of rotatable bonds is 3. The fourth-order valence-corrected chi connectivity index (χ4v) is 1.94. The zero-order valence-electron chi connectivity index (χ0n) is 10.4. The van der Waals surface area contributed by atoms with Crippen LogP contribution in [0.3, 0.4) is 0 Å². The maximum atomic E-state index is 12.9. The number of fused-ring (bicyclic) bond motifs is 1. The van der Waals surface area contributed by atoms with Gasteiger partial charge in [-0.3, -0.25) is 5.41 Å². The number of nitrogens with zero attached hydrogens (tertiary/aromatic N) is 4. The SMILES string of the molecule is N=C(N)c1cn2ncnc2c(Cc2ccc(F)cc2)n1. The number of nitrogen functional groups attached to an aromatic ring is 1. The van der Waals surface area contributed by atoms with Crippen molar-refractivity contribution in [3.8, 4) is 0 Å². The zero-order chi connectivity index (χ0) is 14.1. The van der Waals surface area contributed by atoms with Crippen LogP contribution in [0.2, 0.25) is 0 Å². The van der Waals surface area contributed by atoms with Gasteiger partial charge in [-0.15, -0.1) is 0 Å². The zero-order valence-corrected chi connectivity index (χ0v) is 10.4. The fourth-order valence-electron chi connectivity index (χ4n) is 1.94. The van der Waals surface area contributed by atoms with Gasteiger partial charge in [0.15, 0.2) is 5.65 Å². The average Bonchev–Trinajstić information content (AvgIpc) is 2.89. The second-order valence-corrected chi connectivity index (χ2v) is 4.32. The first kappa shape index (κ1) is 12.2. The molecule has 0 bridgehead atoms. The van der Waals surface area contributed by atoms with Gasteiger partial charge in [0.05, 0.1) is 11.9 Å². The van der Waals surface area contributed by atoms with Crippen molar-refractivity contribution in [3.63, 3.8) is 0 Å². The Kier molecular flexibility index (Phi) is 2.86. The summed E-state index contributed by atoms with van der Waals surface area (Å²) in [6.07, 6.45) is 3.43. The molecule has 0 radical (unpaired) electrons. The first-order valence-electron chi connectivity index (χ1n) is 5.91. The van der Waals surface area contributed by atoms with Crippen molar-refractivity contribution >= 4 is 11.5 Å². The summed E-state index contributed by atoms with van der Waals surface area (Å²) in [5.41, 5.74) is 7.93. The lowest BCUT2D eigenvalue weighted by Crippen LogP contribution is -2.16. The van der Waals surface area contributed by atoms with E-state index in [0.717, 1.165) is 5.56 Å². The van der Waals surface area contributed by atoms with Crippen LogP contribution >= 0.6 is 0 Å². The van der Waals surface area contributed by atoms with Gasteiger partial charge in [0.1, 0.15) is 23.7 Å². The topological polar surface area (TPSA) is 93.0 Å². The van der Waals surface area contributed by atoms with Gasteiger partial charge in [-0.25, -0.2) is 18.9 Å². The lowest BCUT2D eigenvalue weighted by atomic mass is 10.1. The van der Waals surface area contributed by atoms with Crippen LogP contribution in [-0.2, 0) is 6.42 Å². The quantitative estimate of drug-likeness (QED) is 0.551. The largest absolute Gasteiger partial charge is 0.382 e. The smallest absolute Gasteiger partial charge is 0.177 e. The van der Waals surface area contributed by atoms with E-state index in [2.05, 4.69) is 15.1 Å². The van der Waals surface area contributed by atoms with E-state index in [1.807, 2.05) is 0 Å². The lowest BCUT2D eigenvalue weighted by molar-refractivity contribution is 0.627. The molecule has 3 rings (SSSR count). The van der Waals surface area contributed by atoms with Gasteiger partial charge in [0.25, 0.3) is 0 Å². The Morgan fingerprint density at radius 3 is 2.75 bits per heavy atom. The number of aromatic nitrogens is 4. The summed E-state index contributed by atoms with van der Waals surface area (Å²) in [5.74, 6) is -0.422. The van der Waals surface area contributed by atoms with Crippen LogP contribution in [0.5, 0.6) is 0 Å². The van der Waals surface area contributed by atoms with Crippen molar-refractivity contribution < 1.29 is 4.39 Å². The molecule has 100 valence electrons.